The molecule has 1 aliphatic carbocycles. The molecule has 4 nitrogen and oxygen atoms in total. The third-order valence-corrected chi connectivity index (χ3v) is 5.27. The number of nitrogens with zero attached hydrogens (tertiary/aromatic N) is 1. The minimum atomic E-state index is -0.259. The van der Waals surface area contributed by atoms with Crippen LogP contribution in [0.4, 0.5) is 0 Å². The van der Waals surface area contributed by atoms with E-state index in [1.807, 2.05) is 24.3 Å². The van der Waals surface area contributed by atoms with Gasteiger partial charge < -0.3 is 9.72 Å². The maximum Gasteiger partial charge on any atom is 0.267 e. The van der Waals surface area contributed by atoms with E-state index in [0.29, 0.717) is 5.56 Å². The fraction of sp³-hybridized carbons (Fsp3) is 0.333. The maximum absolute atomic E-state index is 12.1. The molecule has 0 amide bonds. The first-order valence-corrected chi connectivity index (χ1v) is 8.65. The van der Waals surface area contributed by atoms with Gasteiger partial charge in [0.25, 0.3) is 5.56 Å². The molecule has 0 saturated heterocycles. The molecule has 0 unspecified atom stereocenters. The van der Waals surface area contributed by atoms with Crippen molar-refractivity contribution in [3.63, 3.8) is 0 Å². The molecule has 1 aliphatic rings. The van der Waals surface area contributed by atoms with Crippen molar-refractivity contribution in [3.05, 3.63) is 56.9 Å². The van der Waals surface area contributed by atoms with Crippen LogP contribution < -0.4 is 10.3 Å². The molecular formula is C18H18N2O2S. The Morgan fingerprint density at radius 2 is 1.91 bits per heavy atom. The number of methoxy groups -OCH3 is 1. The van der Waals surface area contributed by atoms with E-state index in [1.165, 1.54) is 5.56 Å². The molecule has 0 saturated carbocycles. The van der Waals surface area contributed by atoms with E-state index in [4.69, 9.17) is 4.74 Å². The van der Waals surface area contributed by atoms with Crippen molar-refractivity contribution in [3.8, 4) is 11.8 Å². The van der Waals surface area contributed by atoms with Gasteiger partial charge in [-0.05, 0) is 54.5 Å². The molecule has 0 aliphatic heterocycles. The van der Waals surface area contributed by atoms with Gasteiger partial charge in [-0.15, -0.1) is 11.8 Å². The van der Waals surface area contributed by atoms with Crippen molar-refractivity contribution in [2.75, 3.05) is 7.11 Å². The van der Waals surface area contributed by atoms with Crippen molar-refractivity contribution in [2.24, 2.45) is 0 Å². The number of rotatable bonds is 4. The summed E-state index contributed by atoms with van der Waals surface area (Å²) in [6.07, 6.45) is 3.93. The lowest BCUT2D eigenvalue weighted by molar-refractivity contribution is 0.414. The summed E-state index contributed by atoms with van der Waals surface area (Å²) in [6.45, 7) is 0. The Morgan fingerprint density at radius 3 is 2.57 bits per heavy atom. The summed E-state index contributed by atoms with van der Waals surface area (Å²) in [5.41, 5.74) is 3.33. The highest BCUT2D eigenvalue weighted by Crippen LogP contribution is 2.31. The van der Waals surface area contributed by atoms with Gasteiger partial charge in [-0.3, -0.25) is 4.79 Å². The second-order valence-corrected chi connectivity index (χ2v) is 6.56. The number of H-pyrrole nitrogens is 1. The summed E-state index contributed by atoms with van der Waals surface area (Å²) >= 11 is 1.63. The average Bonchev–Trinajstić information content (AvgIpc) is 2.60. The molecule has 2 aromatic rings. The van der Waals surface area contributed by atoms with E-state index in [0.717, 1.165) is 53.3 Å². The molecule has 1 aromatic heterocycles. The lowest BCUT2D eigenvalue weighted by Gasteiger charge is -2.19. The smallest absolute Gasteiger partial charge is 0.267 e. The number of aromatic amines is 1. The first-order valence-electron chi connectivity index (χ1n) is 7.66. The van der Waals surface area contributed by atoms with Gasteiger partial charge in [-0.1, -0.05) is 12.1 Å². The lowest BCUT2D eigenvalue weighted by Crippen LogP contribution is -2.20. The molecule has 1 N–H and O–H groups in total. The molecule has 0 spiro atoms. The number of aromatic nitrogens is 1. The van der Waals surface area contributed by atoms with Gasteiger partial charge >= 0.3 is 0 Å². The fourth-order valence-electron chi connectivity index (χ4n) is 2.93. The van der Waals surface area contributed by atoms with Crippen LogP contribution in [0, 0.1) is 11.3 Å². The van der Waals surface area contributed by atoms with Crippen LogP contribution in [-0.4, -0.2) is 12.1 Å². The molecule has 5 heteroatoms. The molecule has 23 heavy (non-hydrogen) atoms. The van der Waals surface area contributed by atoms with Crippen LogP contribution >= 0.6 is 11.8 Å². The number of thioether (sulfide) groups is 1. The molecule has 118 valence electrons. The number of nitriles is 1. The standard InChI is InChI=1S/C18H18N2O2S/c1-22-13-8-6-12(7-9-13)11-23-18-15-5-3-2-4-14(15)16(10-19)17(21)20-18/h6-9H,2-5,11H2,1H3,(H,20,21). The fourth-order valence-corrected chi connectivity index (χ4v) is 4.00. The van der Waals surface area contributed by atoms with E-state index in [-0.39, 0.29) is 5.56 Å². The molecule has 3 rings (SSSR count). The first kappa shape index (κ1) is 15.7. The van der Waals surface area contributed by atoms with E-state index < -0.39 is 0 Å². The highest BCUT2D eigenvalue weighted by atomic mass is 32.2. The zero-order chi connectivity index (χ0) is 16.2. The summed E-state index contributed by atoms with van der Waals surface area (Å²) in [4.78, 5) is 15.0. The van der Waals surface area contributed by atoms with Gasteiger partial charge in [0.15, 0.2) is 0 Å². The monoisotopic (exact) mass is 326 g/mol. The number of hydrogen-bond donors (Lipinski definition) is 1. The number of benzene rings is 1. The summed E-state index contributed by atoms with van der Waals surface area (Å²) in [7, 11) is 1.65. The average molecular weight is 326 g/mol. The molecule has 0 atom stereocenters. The highest BCUT2D eigenvalue weighted by Gasteiger charge is 2.20. The summed E-state index contributed by atoms with van der Waals surface area (Å²) in [5.74, 6) is 1.61. The minimum Gasteiger partial charge on any atom is -0.497 e. The van der Waals surface area contributed by atoms with Gasteiger partial charge in [0, 0.05) is 5.75 Å². The van der Waals surface area contributed by atoms with Crippen molar-refractivity contribution < 1.29 is 4.74 Å². The second kappa shape index (κ2) is 6.93. The Bertz CT molecular complexity index is 803. The zero-order valence-electron chi connectivity index (χ0n) is 13.0. The normalized spacial score (nSPS) is 13.2. The number of nitrogens with one attached hydrogen (secondary N) is 1. The molecule has 0 radical (unpaired) electrons. The number of pyridine rings is 1. The van der Waals surface area contributed by atoms with Crippen molar-refractivity contribution in [1.82, 2.24) is 4.98 Å². The summed E-state index contributed by atoms with van der Waals surface area (Å²) in [6, 6.07) is 10.0. The largest absolute Gasteiger partial charge is 0.497 e. The van der Waals surface area contributed by atoms with E-state index in [2.05, 4.69) is 11.1 Å². The molecule has 0 fully saturated rings. The number of hydrogen-bond acceptors (Lipinski definition) is 4. The second-order valence-electron chi connectivity index (χ2n) is 5.57. The van der Waals surface area contributed by atoms with Crippen molar-refractivity contribution >= 4 is 11.8 Å². The van der Waals surface area contributed by atoms with Crippen LogP contribution in [0.1, 0.15) is 35.1 Å². The zero-order valence-corrected chi connectivity index (χ0v) is 13.8. The van der Waals surface area contributed by atoms with Crippen LogP contribution in [0.15, 0.2) is 34.1 Å². The predicted octanol–water partition coefficient (Wildman–Crippen LogP) is 3.43. The number of ether oxygens (including phenoxy) is 1. The Balaban J connectivity index is 1.86. The lowest BCUT2D eigenvalue weighted by atomic mass is 9.90. The van der Waals surface area contributed by atoms with Gasteiger partial charge in [-0.25, -0.2) is 0 Å². The Hall–Kier alpha value is -2.19. The number of fused-ring (bicyclic) bond motifs is 1. The predicted molar refractivity (Wildman–Crippen MR) is 91.0 cm³/mol. The van der Waals surface area contributed by atoms with Gasteiger partial charge in [-0.2, -0.15) is 5.26 Å². The highest BCUT2D eigenvalue weighted by molar-refractivity contribution is 7.98. The Kier molecular flexibility index (Phi) is 4.73. The topological polar surface area (TPSA) is 65.9 Å². The molecule has 0 bridgehead atoms. The maximum atomic E-state index is 12.1. The van der Waals surface area contributed by atoms with Gasteiger partial charge in [0.05, 0.1) is 12.1 Å². The van der Waals surface area contributed by atoms with Crippen molar-refractivity contribution in [2.45, 2.75) is 36.5 Å². The van der Waals surface area contributed by atoms with Gasteiger partial charge in [0.1, 0.15) is 17.4 Å². The Labute approximate surface area is 139 Å². The van der Waals surface area contributed by atoms with E-state index >= 15 is 0 Å². The summed E-state index contributed by atoms with van der Waals surface area (Å²) in [5, 5.41) is 10.2. The Morgan fingerprint density at radius 1 is 1.22 bits per heavy atom. The van der Waals surface area contributed by atoms with Crippen LogP contribution in [0.25, 0.3) is 0 Å². The molecule has 1 aromatic carbocycles. The van der Waals surface area contributed by atoms with Gasteiger partial charge in [0.2, 0.25) is 0 Å². The van der Waals surface area contributed by atoms with Crippen LogP contribution in [0.3, 0.4) is 0 Å². The minimum absolute atomic E-state index is 0.259. The van der Waals surface area contributed by atoms with Crippen LogP contribution in [0.5, 0.6) is 5.75 Å². The van der Waals surface area contributed by atoms with E-state index in [9.17, 15) is 10.1 Å². The SMILES string of the molecule is COc1ccc(CSc2[nH]c(=O)c(C#N)c3c2CCCC3)cc1. The van der Waals surface area contributed by atoms with Crippen molar-refractivity contribution in [1.29, 1.82) is 5.26 Å². The third-order valence-electron chi connectivity index (χ3n) is 4.15. The summed E-state index contributed by atoms with van der Waals surface area (Å²) < 4.78 is 5.16. The van der Waals surface area contributed by atoms with Crippen LogP contribution in [-0.2, 0) is 18.6 Å². The quantitative estimate of drug-likeness (QED) is 0.874. The third kappa shape index (κ3) is 3.27. The van der Waals surface area contributed by atoms with E-state index in [1.54, 1.807) is 18.9 Å². The van der Waals surface area contributed by atoms with Crippen LogP contribution in [0.2, 0.25) is 0 Å². The molecular weight excluding hydrogens is 308 g/mol. The molecule has 1 heterocycles. The first-order chi connectivity index (χ1) is 11.2.